The Morgan fingerprint density at radius 3 is 2.47 bits per heavy atom. The van der Waals surface area contributed by atoms with Gasteiger partial charge in [-0.1, -0.05) is 41.6 Å². The van der Waals surface area contributed by atoms with Crippen LogP contribution in [0.3, 0.4) is 0 Å². The molecule has 0 aliphatic heterocycles. The summed E-state index contributed by atoms with van der Waals surface area (Å²) in [5, 5.41) is 3.33. The summed E-state index contributed by atoms with van der Waals surface area (Å²) < 4.78 is 1.21. The number of rotatable bonds is 5. The fourth-order valence-electron chi connectivity index (χ4n) is 3.14. The predicted molar refractivity (Wildman–Crippen MR) is 92.3 cm³/mol. The monoisotopic (exact) mass is 407 g/mol. The second kappa shape index (κ2) is 7.58. The minimum absolute atomic E-state index is 0.500. The Labute approximate surface area is 138 Å². The van der Waals surface area contributed by atoms with Crippen LogP contribution in [0.1, 0.15) is 43.4 Å². The number of hydrogen-bond donors (Lipinski definition) is 0. The standard InChI is InChI=1S/C15H23Br2NS/c1-18(9-14-8-13(17)10-19-14)12-15(11-16)6-4-2-3-5-7-15/h8,10H,2-7,9,11-12H2,1H3. The Hall–Kier alpha value is 0.620. The van der Waals surface area contributed by atoms with Gasteiger partial charge in [-0.15, -0.1) is 11.3 Å². The molecule has 0 saturated heterocycles. The van der Waals surface area contributed by atoms with E-state index >= 15 is 0 Å². The van der Waals surface area contributed by atoms with Crippen molar-refractivity contribution < 1.29 is 0 Å². The number of alkyl halides is 1. The predicted octanol–water partition coefficient (Wildman–Crippen LogP) is 5.68. The molecule has 1 saturated carbocycles. The van der Waals surface area contributed by atoms with Gasteiger partial charge in [0, 0.05) is 33.1 Å². The van der Waals surface area contributed by atoms with Crippen LogP contribution in [0.5, 0.6) is 0 Å². The van der Waals surface area contributed by atoms with Crippen LogP contribution >= 0.6 is 43.2 Å². The quantitative estimate of drug-likeness (QED) is 0.447. The first-order valence-corrected chi connectivity index (χ1v) is 9.90. The second-order valence-corrected chi connectivity index (χ2v) is 8.42. The van der Waals surface area contributed by atoms with Gasteiger partial charge in [0.1, 0.15) is 0 Å². The van der Waals surface area contributed by atoms with Gasteiger partial charge in [0.25, 0.3) is 0 Å². The van der Waals surface area contributed by atoms with Crippen molar-refractivity contribution in [3.05, 3.63) is 20.8 Å². The highest BCUT2D eigenvalue weighted by Crippen LogP contribution is 2.37. The molecule has 1 aromatic rings. The molecule has 0 unspecified atom stereocenters. The van der Waals surface area contributed by atoms with Crippen molar-refractivity contribution >= 4 is 43.2 Å². The topological polar surface area (TPSA) is 3.24 Å². The van der Waals surface area contributed by atoms with Crippen LogP contribution in [0.4, 0.5) is 0 Å². The molecular formula is C15H23Br2NS. The van der Waals surface area contributed by atoms with Gasteiger partial charge in [-0.2, -0.15) is 0 Å². The third-order valence-corrected chi connectivity index (χ3v) is 6.97. The fraction of sp³-hybridized carbons (Fsp3) is 0.733. The molecule has 2 rings (SSSR count). The second-order valence-electron chi connectivity index (χ2n) is 5.95. The van der Waals surface area contributed by atoms with Crippen molar-refractivity contribution in [2.24, 2.45) is 5.41 Å². The van der Waals surface area contributed by atoms with E-state index in [9.17, 15) is 0 Å². The summed E-state index contributed by atoms with van der Waals surface area (Å²) in [6.07, 6.45) is 8.44. The number of halogens is 2. The lowest BCUT2D eigenvalue weighted by atomic mass is 9.82. The largest absolute Gasteiger partial charge is 0.301 e. The van der Waals surface area contributed by atoms with Crippen LogP contribution in [0.25, 0.3) is 0 Å². The Bertz CT molecular complexity index is 383. The lowest BCUT2D eigenvalue weighted by Crippen LogP contribution is -2.36. The highest BCUT2D eigenvalue weighted by atomic mass is 79.9. The molecule has 0 radical (unpaired) electrons. The summed E-state index contributed by atoms with van der Waals surface area (Å²) in [5.74, 6) is 0. The normalized spacial score (nSPS) is 19.6. The Morgan fingerprint density at radius 2 is 1.95 bits per heavy atom. The lowest BCUT2D eigenvalue weighted by molar-refractivity contribution is 0.172. The molecule has 0 atom stereocenters. The van der Waals surface area contributed by atoms with E-state index in [1.54, 1.807) is 0 Å². The zero-order valence-electron chi connectivity index (χ0n) is 11.6. The lowest BCUT2D eigenvalue weighted by Gasteiger charge is -2.35. The molecule has 1 aliphatic carbocycles. The summed E-state index contributed by atoms with van der Waals surface area (Å²) in [5.41, 5.74) is 0.500. The minimum atomic E-state index is 0.500. The highest BCUT2D eigenvalue weighted by Gasteiger charge is 2.31. The van der Waals surface area contributed by atoms with Crippen LogP contribution in [-0.2, 0) is 6.54 Å². The molecule has 1 heterocycles. The van der Waals surface area contributed by atoms with E-state index in [0.717, 1.165) is 11.9 Å². The average Bonchev–Trinajstić information content (AvgIpc) is 2.65. The van der Waals surface area contributed by atoms with Crippen molar-refractivity contribution in [2.45, 2.75) is 45.1 Å². The molecule has 0 aromatic carbocycles. The molecule has 19 heavy (non-hydrogen) atoms. The number of nitrogens with zero attached hydrogens (tertiary/aromatic N) is 1. The van der Waals surface area contributed by atoms with Gasteiger partial charge in [0.05, 0.1) is 0 Å². The first kappa shape index (κ1) is 16.0. The van der Waals surface area contributed by atoms with Crippen LogP contribution in [0.2, 0.25) is 0 Å². The summed E-state index contributed by atoms with van der Waals surface area (Å²) in [4.78, 5) is 3.96. The maximum atomic E-state index is 3.79. The van der Waals surface area contributed by atoms with Gasteiger partial charge in [-0.25, -0.2) is 0 Å². The summed E-state index contributed by atoms with van der Waals surface area (Å²) in [6.45, 7) is 2.29. The molecule has 1 nitrogen and oxygen atoms in total. The van der Waals surface area contributed by atoms with Gasteiger partial charge in [-0.3, -0.25) is 0 Å². The molecule has 0 bridgehead atoms. The van der Waals surface area contributed by atoms with Gasteiger partial charge < -0.3 is 4.90 Å². The van der Waals surface area contributed by atoms with Gasteiger partial charge in [0.2, 0.25) is 0 Å². The molecule has 1 fully saturated rings. The smallest absolute Gasteiger partial charge is 0.0325 e. The van der Waals surface area contributed by atoms with Crippen molar-refractivity contribution in [1.82, 2.24) is 4.90 Å². The molecule has 0 spiro atoms. The average molecular weight is 409 g/mol. The van der Waals surface area contributed by atoms with Crippen molar-refractivity contribution in [3.8, 4) is 0 Å². The van der Waals surface area contributed by atoms with Gasteiger partial charge in [0.15, 0.2) is 0 Å². The molecule has 0 amide bonds. The van der Waals surface area contributed by atoms with Crippen LogP contribution in [0, 0.1) is 5.41 Å². The van der Waals surface area contributed by atoms with E-state index in [2.05, 4.69) is 55.3 Å². The minimum Gasteiger partial charge on any atom is -0.301 e. The molecule has 108 valence electrons. The summed E-state index contributed by atoms with van der Waals surface area (Å²) >= 11 is 9.18. The van der Waals surface area contributed by atoms with Crippen molar-refractivity contribution in [2.75, 3.05) is 18.9 Å². The first-order chi connectivity index (χ1) is 9.13. The zero-order valence-corrected chi connectivity index (χ0v) is 15.6. The van der Waals surface area contributed by atoms with Crippen molar-refractivity contribution in [1.29, 1.82) is 0 Å². The Morgan fingerprint density at radius 1 is 1.26 bits per heavy atom. The van der Waals surface area contributed by atoms with Crippen LogP contribution in [-0.4, -0.2) is 23.8 Å². The van der Waals surface area contributed by atoms with E-state index in [4.69, 9.17) is 0 Å². The summed E-state index contributed by atoms with van der Waals surface area (Å²) in [6, 6.07) is 2.25. The van der Waals surface area contributed by atoms with Crippen molar-refractivity contribution in [3.63, 3.8) is 0 Å². The SMILES string of the molecule is CN(Cc1cc(Br)cs1)CC1(CBr)CCCCCC1. The molecule has 1 aliphatic rings. The third-order valence-electron chi connectivity index (χ3n) is 4.10. The molecule has 0 N–H and O–H groups in total. The summed E-state index contributed by atoms with van der Waals surface area (Å²) in [7, 11) is 2.27. The first-order valence-electron chi connectivity index (χ1n) is 7.11. The molecular weight excluding hydrogens is 386 g/mol. The van der Waals surface area contributed by atoms with Gasteiger partial charge in [-0.05, 0) is 47.3 Å². The van der Waals surface area contributed by atoms with Gasteiger partial charge >= 0.3 is 0 Å². The molecule has 4 heteroatoms. The van der Waals surface area contributed by atoms with E-state index in [1.807, 2.05) is 11.3 Å². The fourth-order valence-corrected chi connectivity index (χ4v) is 5.41. The number of hydrogen-bond acceptors (Lipinski definition) is 2. The Kier molecular flexibility index (Phi) is 6.38. The number of thiophene rings is 1. The van der Waals surface area contributed by atoms with Crippen LogP contribution in [0.15, 0.2) is 15.9 Å². The maximum Gasteiger partial charge on any atom is 0.0325 e. The van der Waals surface area contributed by atoms with E-state index < -0.39 is 0 Å². The van der Waals surface area contributed by atoms with E-state index in [1.165, 1.54) is 54.4 Å². The van der Waals surface area contributed by atoms with E-state index in [0.29, 0.717) is 5.41 Å². The maximum absolute atomic E-state index is 3.79. The molecule has 1 aromatic heterocycles. The zero-order chi connectivity index (χ0) is 13.7. The van der Waals surface area contributed by atoms with E-state index in [-0.39, 0.29) is 0 Å². The highest BCUT2D eigenvalue weighted by molar-refractivity contribution is 9.10. The third kappa shape index (κ3) is 4.83. The van der Waals surface area contributed by atoms with Crippen LogP contribution < -0.4 is 0 Å². The Balaban J connectivity index is 1.93.